The minimum absolute atomic E-state index is 0.118. The maximum atomic E-state index is 11.8. The molecule has 1 atom stereocenters. The first-order valence-electron chi connectivity index (χ1n) is 9.04. The Morgan fingerprint density at radius 2 is 1.79 bits per heavy atom. The van der Waals surface area contributed by atoms with Gasteiger partial charge in [-0.05, 0) is 54.2 Å². The summed E-state index contributed by atoms with van der Waals surface area (Å²) in [4.78, 5) is 11.8. The fraction of sp³-hybridized carbons (Fsp3) is 0.381. The number of ether oxygens (including phenoxy) is 1. The molecular weight excluding hydrogens is 490 g/mol. The van der Waals surface area contributed by atoms with E-state index in [1.54, 1.807) is 13.0 Å². The van der Waals surface area contributed by atoms with E-state index >= 15 is 0 Å². The molecule has 0 aliphatic rings. The number of hydrogen-bond donors (Lipinski definition) is 3. The quantitative estimate of drug-likeness (QED) is 0.484. The lowest BCUT2D eigenvalue weighted by Crippen LogP contribution is -2.38. The molecule has 152 valence electrons. The molecule has 0 saturated carbocycles. The molecule has 7 heteroatoms. The summed E-state index contributed by atoms with van der Waals surface area (Å²) >= 11 is 7.17. The molecule has 2 rings (SSSR count). The molecule has 0 aromatic heterocycles. The van der Waals surface area contributed by atoms with Crippen LogP contribution in [0.15, 0.2) is 39.3 Å². The average Bonchev–Trinajstić information content (AvgIpc) is 2.63. The lowest BCUT2D eigenvalue weighted by molar-refractivity contribution is -0.124. The van der Waals surface area contributed by atoms with Crippen LogP contribution in [0, 0.1) is 0 Å². The monoisotopic (exact) mass is 513 g/mol. The fourth-order valence-electron chi connectivity index (χ4n) is 2.72. The van der Waals surface area contributed by atoms with Gasteiger partial charge in [-0.3, -0.25) is 4.79 Å². The lowest BCUT2D eigenvalue weighted by atomic mass is 9.96. The minimum Gasteiger partial charge on any atom is -0.508 e. The topological polar surface area (TPSA) is 78.8 Å². The number of halogens is 2. The average molecular weight is 515 g/mol. The van der Waals surface area contributed by atoms with Crippen LogP contribution in [0.5, 0.6) is 11.5 Å². The zero-order valence-electron chi connectivity index (χ0n) is 16.1. The van der Waals surface area contributed by atoms with Crippen LogP contribution in [-0.4, -0.2) is 35.4 Å². The van der Waals surface area contributed by atoms with Gasteiger partial charge < -0.3 is 20.3 Å². The Labute approximate surface area is 182 Å². The van der Waals surface area contributed by atoms with E-state index in [4.69, 9.17) is 9.84 Å². The summed E-state index contributed by atoms with van der Waals surface area (Å²) in [5.74, 6) is 0.822. The van der Waals surface area contributed by atoms with Gasteiger partial charge in [0.15, 0.2) is 6.61 Å². The van der Waals surface area contributed by atoms with Crippen LogP contribution in [0.4, 0.5) is 0 Å². The molecule has 5 nitrogen and oxygen atoms in total. The van der Waals surface area contributed by atoms with E-state index in [1.807, 2.05) is 38.1 Å². The van der Waals surface area contributed by atoms with E-state index in [0.29, 0.717) is 17.9 Å². The molecule has 0 heterocycles. The van der Waals surface area contributed by atoms with Crippen LogP contribution in [0.3, 0.4) is 0 Å². The number of carbonyl (C=O) groups is 1. The third-order valence-electron chi connectivity index (χ3n) is 4.26. The number of nitrogens with one attached hydrogen (secondary N) is 1. The highest BCUT2D eigenvalue weighted by Gasteiger charge is 2.13. The lowest BCUT2D eigenvalue weighted by Gasteiger charge is -2.15. The molecule has 0 radical (unpaired) electrons. The Morgan fingerprint density at radius 3 is 2.36 bits per heavy atom. The van der Waals surface area contributed by atoms with Crippen LogP contribution in [0.2, 0.25) is 0 Å². The standard InChI is InChI=1S/C21H25Br2NO4/c1-12(2)16-6-14(4-5-20(16)26)7-17-18(22)8-15(9-19(17)23)28-11-21(27)24-13(3)10-25/h4-6,8-9,12-13,25-26H,7,10-11H2,1-3H3,(H,24,27)/t13-/m0/s1. The molecular formula is C21H25Br2NO4. The molecule has 28 heavy (non-hydrogen) atoms. The number of aliphatic hydroxyl groups excluding tert-OH is 1. The molecule has 0 bridgehead atoms. The predicted octanol–water partition coefficient (Wildman–Crippen LogP) is 4.51. The predicted molar refractivity (Wildman–Crippen MR) is 117 cm³/mol. The first kappa shape index (κ1) is 22.7. The van der Waals surface area contributed by atoms with Crippen molar-refractivity contribution in [3.05, 3.63) is 56.0 Å². The molecule has 3 N–H and O–H groups in total. The van der Waals surface area contributed by atoms with Gasteiger partial charge in [-0.25, -0.2) is 0 Å². The number of benzene rings is 2. The summed E-state index contributed by atoms with van der Waals surface area (Å²) < 4.78 is 7.28. The van der Waals surface area contributed by atoms with Crippen molar-refractivity contribution >= 4 is 37.8 Å². The van der Waals surface area contributed by atoms with Gasteiger partial charge in [0.1, 0.15) is 11.5 Å². The second-order valence-corrected chi connectivity index (χ2v) is 8.74. The number of rotatable bonds is 8. The Hall–Kier alpha value is -1.57. The van der Waals surface area contributed by atoms with E-state index in [1.165, 1.54) is 0 Å². The normalized spacial score (nSPS) is 12.1. The Balaban J connectivity index is 2.12. The number of carbonyl (C=O) groups excluding carboxylic acids is 1. The molecule has 1 amide bonds. The zero-order chi connectivity index (χ0) is 20.8. The third kappa shape index (κ3) is 6.22. The van der Waals surface area contributed by atoms with Gasteiger partial charge in [0, 0.05) is 15.0 Å². The number of phenols is 1. The second kappa shape index (κ2) is 10.3. The van der Waals surface area contributed by atoms with Crippen molar-refractivity contribution < 1.29 is 19.7 Å². The van der Waals surface area contributed by atoms with Crippen molar-refractivity contribution in [2.24, 2.45) is 0 Å². The molecule has 2 aromatic rings. The van der Waals surface area contributed by atoms with Gasteiger partial charge in [0.25, 0.3) is 5.91 Å². The van der Waals surface area contributed by atoms with Gasteiger partial charge in [-0.1, -0.05) is 57.8 Å². The largest absolute Gasteiger partial charge is 0.508 e. The fourth-order valence-corrected chi connectivity index (χ4v) is 4.15. The van der Waals surface area contributed by atoms with Crippen LogP contribution >= 0.6 is 31.9 Å². The second-order valence-electron chi connectivity index (χ2n) is 7.03. The van der Waals surface area contributed by atoms with E-state index in [-0.39, 0.29) is 31.1 Å². The molecule has 0 aliphatic carbocycles. The van der Waals surface area contributed by atoms with Crippen molar-refractivity contribution in [3.63, 3.8) is 0 Å². The Morgan fingerprint density at radius 1 is 1.14 bits per heavy atom. The van der Waals surface area contributed by atoms with E-state index in [9.17, 15) is 9.90 Å². The number of amides is 1. The minimum atomic E-state index is -0.307. The van der Waals surface area contributed by atoms with Crippen LogP contribution in [0.1, 0.15) is 43.4 Å². The number of phenolic OH excluding ortho intramolecular Hbond substituents is 1. The summed E-state index contributed by atoms with van der Waals surface area (Å²) in [6.07, 6.45) is 0.677. The smallest absolute Gasteiger partial charge is 0.258 e. The first-order valence-corrected chi connectivity index (χ1v) is 10.6. The van der Waals surface area contributed by atoms with Gasteiger partial charge in [0.2, 0.25) is 0 Å². The number of hydrogen-bond acceptors (Lipinski definition) is 4. The summed E-state index contributed by atoms with van der Waals surface area (Å²) in [5.41, 5.74) is 3.06. The van der Waals surface area contributed by atoms with E-state index in [0.717, 1.165) is 25.6 Å². The summed E-state index contributed by atoms with van der Waals surface area (Å²) in [7, 11) is 0. The van der Waals surface area contributed by atoms with Gasteiger partial charge in [-0.15, -0.1) is 0 Å². The summed E-state index contributed by atoms with van der Waals surface area (Å²) in [5, 5.41) is 21.6. The SMILES string of the molecule is CC(C)c1cc(Cc2c(Br)cc(OCC(=O)N[C@@H](C)CO)cc2Br)ccc1O. The van der Waals surface area contributed by atoms with Crippen molar-refractivity contribution in [3.8, 4) is 11.5 Å². The maximum absolute atomic E-state index is 11.8. The Bertz CT molecular complexity index is 816. The molecule has 0 aliphatic heterocycles. The zero-order valence-corrected chi connectivity index (χ0v) is 19.3. The molecule has 2 aromatic carbocycles. The highest BCUT2D eigenvalue weighted by Crippen LogP contribution is 2.34. The summed E-state index contributed by atoms with van der Waals surface area (Å²) in [6, 6.07) is 9.01. The molecule has 0 fully saturated rings. The maximum Gasteiger partial charge on any atom is 0.258 e. The van der Waals surface area contributed by atoms with E-state index in [2.05, 4.69) is 37.2 Å². The van der Waals surface area contributed by atoms with Crippen molar-refractivity contribution in [1.82, 2.24) is 5.32 Å². The first-order chi connectivity index (χ1) is 13.2. The van der Waals surface area contributed by atoms with Crippen molar-refractivity contribution in [2.75, 3.05) is 13.2 Å². The van der Waals surface area contributed by atoms with Gasteiger partial charge in [-0.2, -0.15) is 0 Å². The van der Waals surface area contributed by atoms with Gasteiger partial charge >= 0.3 is 0 Å². The third-order valence-corrected chi connectivity index (χ3v) is 5.68. The number of aromatic hydroxyl groups is 1. The van der Waals surface area contributed by atoms with Crippen molar-refractivity contribution in [1.29, 1.82) is 0 Å². The van der Waals surface area contributed by atoms with Crippen LogP contribution < -0.4 is 10.1 Å². The number of aliphatic hydroxyl groups is 1. The van der Waals surface area contributed by atoms with Crippen LogP contribution in [-0.2, 0) is 11.2 Å². The molecule has 0 saturated heterocycles. The van der Waals surface area contributed by atoms with Crippen molar-refractivity contribution in [2.45, 2.75) is 39.2 Å². The Kier molecular flexibility index (Phi) is 8.34. The van der Waals surface area contributed by atoms with Crippen LogP contribution in [0.25, 0.3) is 0 Å². The summed E-state index contributed by atoms with van der Waals surface area (Å²) in [6.45, 7) is 5.57. The van der Waals surface area contributed by atoms with Gasteiger partial charge in [0.05, 0.1) is 6.61 Å². The van der Waals surface area contributed by atoms with E-state index < -0.39 is 0 Å². The highest BCUT2D eigenvalue weighted by molar-refractivity contribution is 9.11. The molecule has 0 unspecified atom stereocenters. The molecule has 0 spiro atoms. The highest BCUT2D eigenvalue weighted by atomic mass is 79.9.